The van der Waals surface area contributed by atoms with Crippen molar-refractivity contribution in [3.63, 3.8) is 0 Å². The number of para-hydroxylation sites is 2. The summed E-state index contributed by atoms with van der Waals surface area (Å²) in [4.78, 5) is 8.86. The quantitative estimate of drug-likeness (QED) is 0.205. The van der Waals surface area contributed by atoms with Gasteiger partial charge in [0.15, 0.2) is 0 Å². The Kier molecular flexibility index (Phi) is 8.85. The van der Waals surface area contributed by atoms with Crippen molar-refractivity contribution < 1.29 is 27.3 Å². The molecule has 2 heterocycles. The minimum absolute atomic E-state index is 0. The summed E-state index contributed by atoms with van der Waals surface area (Å²) in [5.41, 5.74) is 8.76. The number of pyridine rings is 2. The van der Waals surface area contributed by atoms with Gasteiger partial charge in [0.2, 0.25) is 0 Å². The van der Waals surface area contributed by atoms with Crippen molar-refractivity contribution in [1.29, 1.82) is 0 Å². The summed E-state index contributed by atoms with van der Waals surface area (Å²) in [6, 6.07) is 37.1. The maximum atomic E-state index is 4.43. The SMILES string of the molecule is Cc1ccc(Nc2cccc3cccnc23)cc1.Cc1ccc(Nc2cccc3cccnc23)cc1.[Cd]. The van der Waals surface area contributed by atoms with Crippen LogP contribution in [0.25, 0.3) is 21.8 Å². The Labute approximate surface area is 238 Å². The van der Waals surface area contributed by atoms with Crippen molar-refractivity contribution in [1.82, 2.24) is 9.97 Å². The van der Waals surface area contributed by atoms with E-state index in [-0.39, 0.29) is 27.3 Å². The van der Waals surface area contributed by atoms with Crippen molar-refractivity contribution >= 4 is 44.6 Å². The predicted molar refractivity (Wildman–Crippen MR) is 152 cm³/mol. The smallest absolute Gasteiger partial charge is 0.0936 e. The number of aryl methyl sites for hydroxylation is 2. The first-order chi connectivity index (χ1) is 17.7. The third-order valence-electron chi connectivity index (χ3n) is 5.93. The predicted octanol–water partition coefficient (Wildman–Crippen LogP) is 8.57. The second kappa shape index (κ2) is 12.5. The van der Waals surface area contributed by atoms with Gasteiger partial charge in [0.1, 0.15) is 0 Å². The van der Waals surface area contributed by atoms with Gasteiger partial charge in [-0.15, -0.1) is 0 Å². The number of hydrogen-bond donors (Lipinski definition) is 2. The monoisotopic (exact) mass is 582 g/mol. The van der Waals surface area contributed by atoms with Crippen LogP contribution in [-0.4, -0.2) is 9.97 Å². The fraction of sp³-hybridized carbons (Fsp3) is 0.0625. The van der Waals surface area contributed by atoms with E-state index in [1.165, 1.54) is 11.1 Å². The van der Waals surface area contributed by atoms with Gasteiger partial charge in [0.25, 0.3) is 0 Å². The van der Waals surface area contributed by atoms with E-state index in [0.717, 1.165) is 44.6 Å². The van der Waals surface area contributed by atoms with E-state index in [9.17, 15) is 0 Å². The summed E-state index contributed by atoms with van der Waals surface area (Å²) in [5, 5.41) is 9.12. The molecule has 2 N–H and O–H groups in total. The average molecular weight is 581 g/mol. The number of rotatable bonds is 4. The summed E-state index contributed by atoms with van der Waals surface area (Å²) < 4.78 is 0. The second-order valence-electron chi connectivity index (χ2n) is 8.74. The molecule has 6 aromatic rings. The molecule has 4 nitrogen and oxygen atoms in total. The van der Waals surface area contributed by atoms with Crippen molar-refractivity contribution in [3.8, 4) is 0 Å². The molecule has 0 fully saturated rings. The fourth-order valence-corrected chi connectivity index (χ4v) is 3.99. The Hall–Kier alpha value is -3.78. The molecule has 6 rings (SSSR count). The molecular weight excluding hydrogens is 553 g/mol. The second-order valence-corrected chi connectivity index (χ2v) is 8.74. The van der Waals surface area contributed by atoms with Gasteiger partial charge in [0.05, 0.1) is 22.4 Å². The first-order valence-corrected chi connectivity index (χ1v) is 12.0. The molecule has 0 bridgehead atoms. The van der Waals surface area contributed by atoms with Gasteiger partial charge in [-0.3, -0.25) is 9.97 Å². The van der Waals surface area contributed by atoms with Crippen LogP contribution in [0.3, 0.4) is 0 Å². The molecule has 0 atom stereocenters. The van der Waals surface area contributed by atoms with Gasteiger partial charge in [-0.25, -0.2) is 0 Å². The van der Waals surface area contributed by atoms with E-state index in [1.54, 1.807) is 0 Å². The molecule has 37 heavy (non-hydrogen) atoms. The summed E-state index contributed by atoms with van der Waals surface area (Å²) in [5.74, 6) is 0. The van der Waals surface area contributed by atoms with Gasteiger partial charge in [-0.2, -0.15) is 0 Å². The number of fused-ring (bicyclic) bond motifs is 2. The van der Waals surface area contributed by atoms with Crippen LogP contribution in [-0.2, 0) is 27.3 Å². The Balaban J connectivity index is 0.000000168. The van der Waals surface area contributed by atoms with E-state index in [1.807, 2.05) is 36.7 Å². The third-order valence-corrected chi connectivity index (χ3v) is 5.93. The Bertz CT molecular complexity index is 1460. The molecule has 178 valence electrons. The van der Waals surface area contributed by atoms with Gasteiger partial charge < -0.3 is 10.6 Å². The zero-order valence-electron chi connectivity index (χ0n) is 21.1. The third kappa shape index (κ3) is 6.71. The molecule has 0 spiro atoms. The van der Waals surface area contributed by atoms with Gasteiger partial charge in [-0.1, -0.05) is 71.8 Å². The van der Waals surface area contributed by atoms with Crippen LogP contribution < -0.4 is 10.6 Å². The standard InChI is InChI=1S/2C16H14N2.Cd/c2*1-12-7-9-14(10-8-12)18-15-6-2-4-13-5-3-11-17-16(13)15;/h2*2-11,18H,1H3;. The van der Waals surface area contributed by atoms with E-state index >= 15 is 0 Å². The van der Waals surface area contributed by atoms with Gasteiger partial charge in [-0.05, 0) is 62.4 Å². The van der Waals surface area contributed by atoms with Crippen LogP contribution >= 0.6 is 0 Å². The summed E-state index contributed by atoms with van der Waals surface area (Å²) in [7, 11) is 0. The normalized spacial score (nSPS) is 10.2. The number of benzene rings is 4. The van der Waals surface area contributed by atoms with E-state index < -0.39 is 0 Å². The van der Waals surface area contributed by atoms with Crippen LogP contribution in [0.4, 0.5) is 22.7 Å². The molecule has 0 aliphatic heterocycles. The summed E-state index contributed by atoms with van der Waals surface area (Å²) in [6.45, 7) is 4.17. The molecule has 0 radical (unpaired) electrons. The number of nitrogens with zero attached hydrogens (tertiary/aromatic N) is 2. The topological polar surface area (TPSA) is 49.8 Å². The molecule has 0 saturated carbocycles. The zero-order valence-corrected chi connectivity index (χ0v) is 25.2. The van der Waals surface area contributed by atoms with Crippen LogP contribution in [0.2, 0.25) is 0 Å². The summed E-state index contributed by atoms with van der Waals surface area (Å²) in [6.07, 6.45) is 3.64. The zero-order chi connectivity index (χ0) is 24.7. The van der Waals surface area contributed by atoms with Crippen LogP contribution in [0, 0.1) is 13.8 Å². The van der Waals surface area contributed by atoms with Crippen molar-refractivity contribution in [2.75, 3.05) is 10.6 Å². The van der Waals surface area contributed by atoms with E-state index in [2.05, 4.69) is 119 Å². The minimum Gasteiger partial charge on any atom is -0.354 e. The number of anilines is 4. The molecule has 4 aromatic carbocycles. The van der Waals surface area contributed by atoms with Crippen LogP contribution in [0.5, 0.6) is 0 Å². The number of nitrogens with one attached hydrogen (secondary N) is 2. The first kappa shape index (κ1) is 26.3. The maximum Gasteiger partial charge on any atom is 0.0936 e. The van der Waals surface area contributed by atoms with Crippen LogP contribution in [0.15, 0.2) is 122 Å². The molecule has 0 amide bonds. The minimum atomic E-state index is 0. The van der Waals surface area contributed by atoms with Crippen molar-refractivity contribution in [3.05, 3.63) is 133 Å². The van der Waals surface area contributed by atoms with Crippen LogP contribution in [0.1, 0.15) is 11.1 Å². The van der Waals surface area contributed by atoms with Crippen molar-refractivity contribution in [2.45, 2.75) is 13.8 Å². The molecule has 0 aliphatic carbocycles. The number of hydrogen-bond acceptors (Lipinski definition) is 4. The Morgan fingerprint density at radius 3 is 1.24 bits per heavy atom. The van der Waals surface area contributed by atoms with Gasteiger partial charge >= 0.3 is 0 Å². The Morgan fingerprint density at radius 2 is 0.838 bits per heavy atom. The number of aromatic nitrogens is 2. The fourth-order valence-electron chi connectivity index (χ4n) is 3.99. The molecule has 0 unspecified atom stereocenters. The maximum absolute atomic E-state index is 4.43. The average Bonchev–Trinajstić information content (AvgIpc) is 2.92. The molecule has 2 aromatic heterocycles. The first-order valence-electron chi connectivity index (χ1n) is 12.0. The summed E-state index contributed by atoms with van der Waals surface area (Å²) >= 11 is 0. The molecule has 5 heteroatoms. The van der Waals surface area contributed by atoms with E-state index in [4.69, 9.17) is 0 Å². The van der Waals surface area contributed by atoms with Crippen molar-refractivity contribution in [2.24, 2.45) is 0 Å². The molecule has 0 saturated heterocycles. The van der Waals surface area contributed by atoms with Gasteiger partial charge in [0, 0.05) is 61.8 Å². The Morgan fingerprint density at radius 1 is 0.459 bits per heavy atom. The van der Waals surface area contributed by atoms with E-state index in [0.29, 0.717) is 0 Å². The molecular formula is C32H28CdN4. The largest absolute Gasteiger partial charge is 0.354 e. The molecule has 0 aliphatic rings.